The van der Waals surface area contributed by atoms with Crippen LogP contribution >= 0.6 is 0 Å². The number of benzene rings is 2. The Hall–Kier alpha value is -2.76. The molecule has 1 atom stereocenters. The molecule has 0 bridgehead atoms. The number of anilines is 1. The van der Waals surface area contributed by atoms with Crippen molar-refractivity contribution in [2.75, 3.05) is 5.32 Å². The van der Waals surface area contributed by atoms with E-state index in [4.69, 9.17) is 0 Å². The van der Waals surface area contributed by atoms with Crippen molar-refractivity contribution in [2.45, 2.75) is 25.8 Å². The van der Waals surface area contributed by atoms with E-state index in [0.29, 0.717) is 6.42 Å². The van der Waals surface area contributed by atoms with E-state index in [9.17, 15) is 18.4 Å². The minimum atomic E-state index is -0.801. The van der Waals surface area contributed by atoms with Gasteiger partial charge in [-0.25, -0.2) is 8.78 Å². The van der Waals surface area contributed by atoms with Gasteiger partial charge in [-0.1, -0.05) is 24.3 Å². The molecule has 2 amide bonds. The van der Waals surface area contributed by atoms with E-state index < -0.39 is 17.8 Å². The third-order valence-electron chi connectivity index (χ3n) is 3.46. The second-order valence-corrected chi connectivity index (χ2v) is 5.38. The zero-order valence-electron chi connectivity index (χ0n) is 13.2. The van der Waals surface area contributed by atoms with Gasteiger partial charge < -0.3 is 10.6 Å². The molecule has 0 spiro atoms. The summed E-state index contributed by atoms with van der Waals surface area (Å²) in [5.41, 5.74) is 0.893. The molecule has 4 nitrogen and oxygen atoms in total. The SMILES string of the molecule is CC(NC(=O)CCc1ccc(F)cc1)C(=O)Nc1ccccc1F. The Kier molecular flexibility index (Phi) is 6.01. The molecule has 0 fully saturated rings. The molecule has 2 aromatic rings. The van der Waals surface area contributed by atoms with Crippen LogP contribution in [0.5, 0.6) is 0 Å². The van der Waals surface area contributed by atoms with Gasteiger partial charge in [0.15, 0.2) is 0 Å². The molecule has 0 radical (unpaired) electrons. The minimum Gasteiger partial charge on any atom is -0.345 e. The lowest BCUT2D eigenvalue weighted by atomic mass is 10.1. The van der Waals surface area contributed by atoms with Crippen LogP contribution in [0.2, 0.25) is 0 Å². The van der Waals surface area contributed by atoms with Gasteiger partial charge in [0.05, 0.1) is 5.69 Å². The molecule has 2 aromatic carbocycles. The average Bonchev–Trinajstić information content (AvgIpc) is 2.56. The number of hydrogen-bond donors (Lipinski definition) is 2. The molecule has 6 heteroatoms. The summed E-state index contributed by atoms with van der Waals surface area (Å²) in [5, 5.41) is 4.98. The minimum absolute atomic E-state index is 0.0647. The zero-order valence-corrected chi connectivity index (χ0v) is 13.2. The topological polar surface area (TPSA) is 58.2 Å². The fourth-order valence-electron chi connectivity index (χ4n) is 2.09. The molecule has 24 heavy (non-hydrogen) atoms. The molecule has 0 aromatic heterocycles. The first-order valence-corrected chi connectivity index (χ1v) is 7.55. The highest BCUT2D eigenvalue weighted by Crippen LogP contribution is 2.12. The lowest BCUT2D eigenvalue weighted by molar-refractivity contribution is -0.126. The lowest BCUT2D eigenvalue weighted by Gasteiger charge is -2.14. The number of rotatable bonds is 6. The number of hydrogen-bond acceptors (Lipinski definition) is 2. The molecular formula is C18H18F2N2O2. The fraction of sp³-hybridized carbons (Fsp3) is 0.222. The van der Waals surface area contributed by atoms with Crippen LogP contribution in [0.15, 0.2) is 48.5 Å². The third-order valence-corrected chi connectivity index (χ3v) is 3.46. The highest BCUT2D eigenvalue weighted by Gasteiger charge is 2.16. The Labute approximate surface area is 138 Å². The summed E-state index contributed by atoms with van der Waals surface area (Å²) in [6.45, 7) is 1.52. The summed E-state index contributed by atoms with van der Waals surface area (Å²) in [5.74, 6) is -1.69. The maximum absolute atomic E-state index is 13.5. The quantitative estimate of drug-likeness (QED) is 0.854. The van der Waals surface area contributed by atoms with Gasteiger partial charge in [0.2, 0.25) is 11.8 Å². The summed E-state index contributed by atoms with van der Waals surface area (Å²) in [6.07, 6.45) is 0.608. The van der Waals surface area contributed by atoms with Crippen LogP contribution < -0.4 is 10.6 Å². The van der Waals surface area contributed by atoms with Crippen molar-refractivity contribution in [1.29, 1.82) is 0 Å². The molecule has 0 saturated heterocycles. The number of carbonyl (C=O) groups is 2. The van der Waals surface area contributed by atoms with E-state index in [-0.39, 0.29) is 23.8 Å². The van der Waals surface area contributed by atoms with Gasteiger partial charge in [-0.15, -0.1) is 0 Å². The van der Waals surface area contributed by atoms with Crippen LogP contribution in [0.3, 0.4) is 0 Å². The number of carbonyl (C=O) groups excluding carboxylic acids is 2. The molecule has 0 heterocycles. The first-order chi connectivity index (χ1) is 11.5. The van der Waals surface area contributed by atoms with Crippen molar-refractivity contribution in [3.63, 3.8) is 0 Å². The predicted octanol–water partition coefficient (Wildman–Crippen LogP) is 3.04. The van der Waals surface area contributed by atoms with Gasteiger partial charge in [-0.3, -0.25) is 9.59 Å². The van der Waals surface area contributed by atoms with Crippen molar-refractivity contribution in [2.24, 2.45) is 0 Å². The number of para-hydroxylation sites is 1. The molecule has 0 aliphatic carbocycles. The van der Waals surface area contributed by atoms with Crippen LogP contribution in [0.1, 0.15) is 18.9 Å². The molecule has 1 unspecified atom stereocenters. The molecular weight excluding hydrogens is 314 g/mol. The molecule has 0 aliphatic rings. The van der Waals surface area contributed by atoms with E-state index in [0.717, 1.165) is 5.56 Å². The monoisotopic (exact) mass is 332 g/mol. The summed E-state index contributed by atoms with van der Waals surface area (Å²) < 4.78 is 26.3. The zero-order chi connectivity index (χ0) is 17.5. The van der Waals surface area contributed by atoms with Crippen molar-refractivity contribution < 1.29 is 18.4 Å². The van der Waals surface area contributed by atoms with E-state index in [1.54, 1.807) is 18.2 Å². The van der Waals surface area contributed by atoms with Gasteiger partial charge in [-0.2, -0.15) is 0 Å². The third kappa shape index (κ3) is 5.15. The highest BCUT2D eigenvalue weighted by molar-refractivity contribution is 5.96. The second-order valence-electron chi connectivity index (χ2n) is 5.38. The van der Waals surface area contributed by atoms with E-state index in [2.05, 4.69) is 10.6 Å². The maximum Gasteiger partial charge on any atom is 0.246 e. The van der Waals surface area contributed by atoms with Crippen molar-refractivity contribution >= 4 is 17.5 Å². The van der Waals surface area contributed by atoms with Crippen LogP contribution in [0.25, 0.3) is 0 Å². The first-order valence-electron chi connectivity index (χ1n) is 7.55. The number of aryl methyl sites for hydroxylation is 1. The molecule has 0 saturated carbocycles. The molecule has 126 valence electrons. The Bertz CT molecular complexity index is 717. The highest BCUT2D eigenvalue weighted by atomic mass is 19.1. The van der Waals surface area contributed by atoms with Crippen LogP contribution in [0.4, 0.5) is 14.5 Å². The van der Waals surface area contributed by atoms with Crippen LogP contribution in [0, 0.1) is 11.6 Å². The van der Waals surface area contributed by atoms with E-state index >= 15 is 0 Å². The van der Waals surface area contributed by atoms with Gasteiger partial charge in [-0.05, 0) is 43.2 Å². The van der Waals surface area contributed by atoms with E-state index in [1.807, 2.05) is 0 Å². The Balaban J connectivity index is 1.81. The molecule has 0 aliphatic heterocycles. The van der Waals surface area contributed by atoms with Gasteiger partial charge in [0.1, 0.15) is 17.7 Å². The number of nitrogens with one attached hydrogen (secondary N) is 2. The van der Waals surface area contributed by atoms with Crippen molar-refractivity contribution in [3.8, 4) is 0 Å². The molecule has 2 N–H and O–H groups in total. The van der Waals surface area contributed by atoms with Gasteiger partial charge in [0, 0.05) is 6.42 Å². The van der Waals surface area contributed by atoms with Crippen LogP contribution in [-0.4, -0.2) is 17.9 Å². The summed E-state index contributed by atoms with van der Waals surface area (Å²) in [4.78, 5) is 23.9. The van der Waals surface area contributed by atoms with Crippen LogP contribution in [-0.2, 0) is 16.0 Å². The Morgan fingerprint density at radius 3 is 2.38 bits per heavy atom. The standard InChI is InChI=1S/C18H18F2N2O2/c1-12(18(24)22-16-5-3-2-4-15(16)20)21-17(23)11-8-13-6-9-14(19)10-7-13/h2-7,9-10,12H,8,11H2,1H3,(H,21,23)(H,22,24). The van der Waals surface area contributed by atoms with Crippen molar-refractivity contribution in [3.05, 3.63) is 65.7 Å². The first kappa shape index (κ1) is 17.6. The van der Waals surface area contributed by atoms with Gasteiger partial charge >= 0.3 is 0 Å². The average molecular weight is 332 g/mol. The number of halogens is 2. The molecule has 2 rings (SSSR count). The smallest absolute Gasteiger partial charge is 0.246 e. The maximum atomic E-state index is 13.5. The number of amides is 2. The summed E-state index contributed by atoms with van der Waals surface area (Å²) in [6, 6.07) is 10.9. The Morgan fingerprint density at radius 1 is 1.04 bits per heavy atom. The predicted molar refractivity (Wildman–Crippen MR) is 87.4 cm³/mol. The normalized spacial score (nSPS) is 11.6. The summed E-state index contributed by atoms with van der Waals surface area (Å²) in [7, 11) is 0. The summed E-state index contributed by atoms with van der Waals surface area (Å²) >= 11 is 0. The van der Waals surface area contributed by atoms with E-state index in [1.165, 1.54) is 37.3 Å². The van der Waals surface area contributed by atoms with Gasteiger partial charge in [0.25, 0.3) is 0 Å². The Morgan fingerprint density at radius 2 is 1.71 bits per heavy atom. The van der Waals surface area contributed by atoms with Crippen molar-refractivity contribution in [1.82, 2.24) is 5.32 Å². The largest absolute Gasteiger partial charge is 0.345 e. The fourth-order valence-corrected chi connectivity index (χ4v) is 2.09. The lowest BCUT2D eigenvalue weighted by Crippen LogP contribution is -2.41. The second kappa shape index (κ2) is 8.19.